The van der Waals surface area contributed by atoms with E-state index in [0.717, 1.165) is 26.6 Å². The highest BCUT2D eigenvalue weighted by Crippen LogP contribution is 2.23. The molecule has 0 aliphatic carbocycles. The van der Waals surface area contributed by atoms with Crippen LogP contribution in [0.15, 0.2) is 42.5 Å². The standard InChI is InChI=1S/C16H17ClINO/c1-11(2)20-14-5-3-4-12(8-14)10-19-16-7-6-13(17)9-15(16)18/h3-9,11,19H,10H2,1-2H3. The molecule has 0 heterocycles. The van der Waals surface area contributed by atoms with Crippen molar-refractivity contribution in [3.05, 3.63) is 56.6 Å². The number of hydrogen-bond acceptors (Lipinski definition) is 2. The minimum Gasteiger partial charge on any atom is -0.491 e. The molecule has 0 fully saturated rings. The summed E-state index contributed by atoms with van der Waals surface area (Å²) < 4.78 is 6.82. The van der Waals surface area contributed by atoms with E-state index in [0.29, 0.717) is 0 Å². The minimum atomic E-state index is 0.190. The Morgan fingerprint density at radius 1 is 1.20 bits per heavy atom. The van der Waals surface area contributed by atoms with Gasteiger partial charge in [0.1, 0.15) is 5.75 Å². The molecule has 0 amide bonds. The van der Waals surface area contributed by atoms with Gasteiger partial charge < -0.3 is 10.1 Å². The zero-order valence-electron chi connectivity index (χ0n) is 11.5. The van der Waals surface area contributed by atoms with Crippen LogP contribution >= 0.6 is 34.2 Å². The minimum absolute atomic E-state index is 0.190. The maximum atomic E-state index is 5.95. The van der Waals surface area contributed by atoms with Crippen LogP contribution in [0.5, 0.6) is 5.75 Å². The fourth-order valence-corrected chi connectivity index (χ4v) is 2.89. The van der Waals surface area contributed by atoms with Gasteiger partial charge in [0, 0.05) is 20.8 Å². The Kier molecular flexibility index (Phi) is 5.54. The van der Waals surface area contributed by atoms with Crippen LogP contribution in [0.3, 0.4) is 0 Å². The lowest BCUT2D eigenvalue weighted by Gasteiger charge is -2.12. The Hall–Kier alpha value is -0.940. The summed E-state index contributed by atoms with van der Waals surface area (Å²) >= 11 is 8.23. The number of ether oxygens (including phenoxy) is 1. The lowest BCUT2D eigenvalue weighted by atomic mass is 10.2. The molecule has 2 aromatic carbocycles. The van der Waals surface area contributed by atoms with Gasteiger partial charge in [0.25, 0.3) is 0 Å². The zero-order valence-corrected chi connectivity index (χ0v) is 14.4. The Bertz CT molecular complexity index is 586. The average molecular weight is 402 g/mol. The quantitative estimate of drug-likeness (QED) is 0.683. The molecule has 0 atom stereocenters. The maximum absolute atomic E-state index is 5.95. The SMILES string of the molecule is CC(C)Oc1cccc(CNc2ccc(Cl)cc2I)c1. The molecule has 0 saturated carbocycles. The summed E-state index contributed by atoms with van der Waals surface area (Å²) in [7, 11) is 0. The third-order valence-electron chi connectivity index (χ3n) is 2.68. The van der Waals surface area contributed by atoms with Crippen molar-refractivity contribution in [1.82, 2.24) is 0 Å². The first-order valence-corrected chi connectivity index (χ1v) is 7.95. The van der Waals surface area contributed by atoms with Gasteiger partial charge in [-0.05, 0) is 72.3 Å². The normalized spacial score (nSPS) is 10.7. The monoisotopic (exact) mass is 401 g/mol. The van der Waals surface area contributed by atoms with Gasteiger partial charge in [0.2, 0.25) is 0 Å². The fraction of sp³-hybridized carbons (Fsp3) is 0.250. The molecule has 106 valence electrons. The molecular formula is C16H17ClINO. The van der Waals surface area contributed by atoms with Crippen LogP contribution in [-0.2, 0) is 6.54 Å². The molecule has 0 radical (unpaired) electrons. The van der Waals surface area contributed by atoms with Crippen LogP contribution in [0, 0.1) is 3.57 Å². The highest BCUT2D eigenvalue weighted by Gasteiger charge is 2.02. The van der Waals surface area contributed by atoms with E-state index in [1.807, 2.05) is 44.2 Å². The van der Waals surface area contributed by atoms with Gasteiger partial charge in [-0.1, -0.05) is 23.7 Å². The molecule has 0 spiro atoms. The number of halogens is 2. The van der Waals surface area contributed by atoms with E-state index in [4.69, 9.17) is 16.3 Å². The second-order valence-electron chi connectivity index (χ2n) is 4.79. The lowest BCUT2D eigenvalue weighted by Crippen LogP contribution is -2.06. The Morgan fingerprint density at radius 3 is 2.70 bits per heavy atom. The van der Waals surface area contributed by atoms with Crippen molar-refractivity contribution in [2.45, 2.75) is 26.5 Å². The number of benzene rings is 2. The van der Waals surface area contributed by atoms with E-state index in [1.54, 1.807) is 0 Å². The van der Waals surface area contributed by atoms with E-state index in [9.17, 15) is 0 Å². The highest BCUT2D eigenvalue weighted by molar-refractivity contribution is 14.1. The molecule has 0 aromatic heterocycles. The first-order chi connectivity index (χ1) is 9.54. The van der Waals surface area contributed by atoms with Crippen LogP contribution in [0.4, 0.5) is 5.69 Å². The van der Waals surface area contributed by atoms with Crippen LogP contribution in [0.25, 0.3) is 0 Å². The molecule has 0 unspecified atom stereocenters. The Morgan fingerprint density at radius 2 is 2.00 bits per heavy atom. The number of hydrogen-bond donors (Lipinski definition) is 1. The van der Waals surface area contributed by atoms with E-state index in [-0.39, 0.29) is 6.10 Å². The molecular weight excluding hydrogens is 385 g/mol. The summed E-state index contributed by atoms with van der Waals surface area (Å²) in [5.74, 6) is 0.908. The van der Waals surface area contributed by atoms with Crippen molar-refractivity contribution in [1.29, 1.82) is 0 Å². The lowest BCUT2D eigenvalue weighted by molar-refractivity contribution is 0.242. The van der Waals surface area contributed by atoms with Crippen molar-refractivity contribution < 1.29 is 4.74 Å². The topological polar surface area (TPSA) is 21.3 Å². The molecule has 0 aliphatic heterocycles. The van der Waals surface area contributed by atoms with Gasteiger partial charge >= 0.3 is 0 Å². The summed E-state index contributed by atoms with van der Waals surface area (Å²) in [5, 5.41) is 4.17. The second kappa shape index (κ2) is 7.18. The Labute approximate surface area is 138 Å². The van der Waals surface area contributed by atoms with Crippen LogP contribution in [-0.4, -0.2) is 6.10 Å². The van der Waals surface area contributed by atoms with Crippen molar-refractivity contribution in [2.24, 2.45) is 0 Å². The van der Waals surface area contributed by atoms with Gasteiger partial charge in [0.05, 0.1) is 6.10 Å². The first-order valence-electron chi connectivity index (χ1n) is 6.49. The number of anilines is 1. The highest BCUT2D eigenvalue weighted by atomic mass is 127. The molecule has 20 heavy (non-hydrogen) atoms. The Balaban J connectivity index is 2.03. The zero-order chi connectivity index (χ0) is 14.5. The van der Waals surface area contributed by atoms with Gasteiger partial charge in [-0.15, -0.1) is 0 Å². The summed E-state index contributed by atoms with van der Waals surface area (Å²) in [4.78, 5) is 0. The van der Waals surface area contributed by atoms with Gasteiger partial charge in [0.15, 0.2) is 0 Å². The summed E-state index contributed by atoms with van der Waals surface area (Å²) in [6.45, 7) is 4.81. The fourth-order valence-electron chi connectivity index (χ4n) is 1.83. The molecule has 2 rings (SSSR count). The number of nitrogens with one attached hydrogen (secondary N) is 1. The van der Waals surface area contributed by atoms with Crippen LogP contribution in [0.2, 0.25) is 5.02 Å². The van der Waals surface area contributed by atoms with Crippen LogP contribution < -0.4 is 10.1 Å². The number of rotatable bonds is 5. The van der Waals surface area contributed by atoms with Gasteiger partial charge in [-0.25, -0.2) is 0 Å². The molecule has 2 aromatic rings. The smallest absolute Gasteiger partial charge is 0.120 e. The molecule has 0 bridgehead atoms. The molecule has 4 heteroatoms. The van der Waals surface area contributed by atoms with Gasteiger partial charge in [-0.3, -0.25) is 0 Å². The predicted molar refractivity (Wildman–Crippen MR) is 93.7 cm³/mol. The molecule has 0 saturated heterocycles. The van der Waals surface area contributed by atoms with Crippen molar-refractivity contribution in [3.8, 4) is 5.75 Å². The van der Waals surface area contributed by atoms with Crippen molar-refractivity contribution >= 4 is 39.9 Å². The van der Waals surface area contributed by atoms with Crippen molar-refractivity contribution in [2.75, 3.05) is 5.32 Å². The third kappa shape index (κ3) is 4.56. The largest absolute Gasteiger partial charge is 0.491 e. The molecule has 0 aliphatic rings. The summed E-state index contributed by atoms with van der Waals surface area (Å²) in [5.41, 5.74) is 2.28. The third-order valence-corrected chi connectivity index (χ3v) is 3.81. The molecule has 2 nitrogen and oxygen atoms in total. The van der Waals surface area contributed by atoms with E-state index >= 15 is 0 Å². The summed E-state index contributed by atoms with van der Waals surface area (Å²) in [6, 6.07) is 14.0. The summed E-state index contributed by atoms with van der Waals surface area (Å²) in [6.07, 6.45) is 0.190. The predicted octanol–water partition coefficient (Wildman–Crippen LogP) is 5.34. The van der Waals surface area contributed by atoms with E-state index in [1.165, 1.54) is 5.56 Å². The van der Waals surface area contributed by atoms with E-state index < -0.39 is 0 Å². The average Bonchev–Trinajstić information content (AvgIpc) is 2.37. The second-order valence-corrected chi connectivity index (χ2v) is 6.39. The van der Waals surface area contributed by atoms with Gasteiger partial charge in [-0.2, -0.15) is 0 Å². The van der Waals surface area contributed by atoms with Crippen LogP contribution in [0.1, 0.15) is 19.4 Å². The first kappa shape index (κ1) is 15.4. The maximum Gasteiger partial charge on any atom is 0.120 e. The molecule has 1 N–H and O–H groups in total. The van der Waals surface area contributed by atoms with E-state index in [2.05, 4.69) is 40.0 Å². The van der Waals surface area contributed by atoms with Crippen molar-refractivity contribution in [3.63, 3.8) is 0 Å².